The van der Waals surface area contributed by atoms with Gasteiger partial charge in [0.2, 0.25) is 0 Å². The van der Waals surface area contributed by atoms with E-state index in [-0.39, 0.29) is 12.4 Å². The first-order valence-electron chi connectivity index (χ1n) is 4.64. The summed E-state index contributed by atoms with van der Waals surface area (Å²) in [6.07, 6.45) is 2.64. The molecule has 0 aromatic heterocycles. The number of hydrogen-bond donors (Lipinski definition) is 1. The van der Waals surface area contributed by atoms with Gasteiger partial charge in [0.1, 0.15) is 5.75 Å². The van der Waals surface area contributed by atoms with Gasteiger partial charge < -0.3 is 10.5 Å². The van der Waals surface area contributed by atoms with Crippen molar-refractivity contribution in [3.05, 3.63) is 24.3 Å². The number of hydrogen-bond acceptors (Lipinski definition) is 2. The molecule has 2 nitrogen and oxygen atoms in total. The average Bonchev–Trinajstić information content (AvgIpc) is 2.19. The number of rotatable bonds is 2. The third kappa shape index (κ3) is 7.74. The zero-order valence-corrected chi connectivity index (χ0v) is 9.93. The van der Waals surface area contributed by atoms with Crippen molar-refractivity contribution in [1.29, 1.82) is 0 Å². The zero-order valence-electron chi connectivity index (χ0n) is 9.12. The van der Waals surface area contributed by atoms with E-state index < -0.39 is 0 Å². The SMILES string of the molecule is CCCC.COc1ccc(N)cc1.Cl. The van der Waals surface area contributed by atoms with Crippen LogP contribution in [0.2, 0.25) is 0 Å². The maximum atomic E-state index is 5.43. The second-order valence-electron chi connectivity index (χ2n) is 2.77. The van der Waals surface area contributed by atoms with Crippen molar-refractivity contribution >= 4 is 18.1 Å². The topological polar surface area (TPSA) is 35.2 Å². The smallest absolute Gasteiger partial charge is 0.119 e. The Morgan fingerprint density at radius 2 is 1.50 bits per heavy atom. The minimum atomic E-state index is 0. The first-order valence-corrected chi connectivity index (χ1v) is 4.64. The Morgan fingerprint density at radius 1 is 1.07 bits per heavy atom. The van der Waals surface area contributed by atoms with Crippen LogP contribution in [-0.4, -0.2) is 7.11 Å². The highest BCUT2D eigenvalue weighted by Gasteiger charge is 1.86. The van der Waals surface area contributed by atoms with Gasteiger partial charge in [0.15, 0.2) is 0 Å². The zero-order chi connectivity index (χ0) is 10.1. The Bertz CT molecular complexity index is 209. The van der Waals surface area contributed by atoms with Crippen LogP contribution in [0.4, 0.5) is 5.69 Å². The summed E-state index contributed by atoms with van der Waals surface area (Å²) < 4.78 is 4.91. The molecule has 0 aliphatic heterocycles. The van der Waals surface area contributed by atoms with Crippen molar-refractivity contribution in [3.63, 3.8) is 0 Å². The second kappa shape index (κ2) is 10.2. The molecule has 0 saturated carbocycles. The Morgan fingerprint density at radius 3 is 1.79 bits per heavy atom. The molecule has 0 heterocycles. The molecule has 1 aromatic carbocycles. The van der Waals surface area contributed by atoms with Crippen LogP contribution in [0, 0.1) is 0 Å². The van der Waals surface area contributed by atoms with Crippen LogP contribution in [0.5, 0.6) is 5.75 Å². The van der Waals surface area contributed by atoms with Crippen LogP contribution >= 0.6 is 12.4 Å². The lowest BCUT2D eigenvalue weighted by Crippen LogP contribution is -1.84. The lowest BCUT2D eigenvalue weighted by molar-refractivity contribution is 0.415. The summed E-state index contributed by atoms with van der Waals surface area (Å²) in [6, 6.07) is 7.27. The number of methoxy groups -OCH3 is 1. The summed E-state index contributed by atoms with van der Waals surface area (Å²) in [5.74, 6) is 0.837. The van der Waals surface area contributed by atoms with E-state index in [1.165, 1.54) is 12.8 Å². The molecule has 0 unspecified atom stereocenters. The number of benzene rings is 1. The molecule has 0 aliphatic carbocycles. The molecule has 0 aliphatic rings. The van der Waals surface area contributed by atoms with Gasteiger partial charge in [-0.2, -0.15) is 0 Å². The Kier molecular flexibility index (Phi) is 11.3. The van der Waals surface area contributed by atoms with Gasteiger partial charge >= 0.3 is 0 Å². The van der Waals surface area contributed by atoms with E-state index in [0.29, 0.717) is 0 Å². The summed E-state index contributed by atoms with van der Waals surface area (Å²) in [5, 5.41) is 0. The summed E-state index contributed by atoms with van der Waals surface area (Å²) in [4.78, 5) is 0. The molecule has 0 spiro atoms. The average molecular weight is 218 g/mol. The third-order valence-corrected chi connectivity index (χ3v) is 1.62. The molecule has 0 saturated heterocycles. The van der Waals surface area contributed by atoms with Crippen LogP contribution in [0.1, 0.15) is 26.7 Å². The molecule has 1 rings (SSSR count). The standard InChI is InChI=1S/C7H9NO.C4H10.ClH/c1-9-7-4-2-6(8)3-5-7;1-3-4-2;/h2-5H,8H2,1H3;3-4H2,1-2H3;1H. The van der Waals surface area contributed by atoms with Gasteiger partial charge in [0.25, 0.3) is 0 Å². The quantitative estimate of drug-likeness (QED) is 0.770. The number of anilines is 1. The van der Waals surface area contributed by atoms with Crippen LogP contribution in [0.15, 0.2) is 24.3 Å². The molecule has 3 heteroatoms. The molecule has 0 amide bonds. The van der Waals surface area contributed by atoms with Crippen LogP contribution in [0.25, 0.3) is 0 Å². The first kappa shape index (κ1) is 15.6. The number of ether oxygens (including phenoxy) is 1. The molecule has 0 bridgehead atoms. The lowest BCUT2D eigenvalue weighted by Gasteiger charge is -1.97. The van der Waals surface area contributed by atoms with Crippen LogP contribution < -0.4 is 10.5 Å². The van der Waals surface area contributed by atoms with Gasteiger partial charge in [0, 0.05) is 5.69 Å². The van der Waals surface area contributed by atoms with Gasteiger partial charge in [0.05, 0.1) is 7.11 Å². The van der Waals surface area contributed by atoms with Crippen LogP contribution in [-0.2, 0) is 0 Å². The fraction of sp³-hybridized carbons (Fsp3) is 0.455. The Balaban J connectivity index is 0. The van der Waals surface area contributed by atoms with Crippen LogP contribution in [0.3, 0.4) is 0 Å². The molecule has 2 N–H and O–H groups in total. The molecule has 0 atom stereocenters. The van der Waals surface area contributed by atoms with E-state index in [1.807, 2.05) is 12.1 Å². The normalized spacial score (nSPS) is 7.93. The maximum Gasteiger partial charge on any atom is 0.119 e. The van der Waals surface area contributed by atoms with Gasteiger partial charge in [-0.1, -0.05) is 26.7 Å². The minimum Gasteiger partial charge on any atom is -0.497 e. The predicted octanol–water partition coefficient (Wildman–Crippen LogP) is 3.51. The summed E-state index contributed by atoms with van der Waals surface area (Å²) in [7, 11) is 1.63. The molecule has 0 radical (unpaired) electrons. The largest absolute Gasteiger partial charge is 0.497 e. The van der Waals surface area contributed by atoms with Crippen molar-refractivity contribution in [2.75, 3.05) is 12.8 Å². The van der Waals surface area contributed by atoms with E-state index in [2.05, 4.69) is 13.8 Å². The van der Waals surface area contributed by atoms with Crippen molar-refractivity contribution in [2.24, 2.45) is 0 Å². The van der Waals surface area contributed by atoms with Crippen molar-refractivity contribution in [1.82, 2.24) is 0 Å². The predicted molar refractivity (Wildman–Crippen MR) is 65.2 cm³/mol. The second-order valence-corrected chi connectivity index (χ2v) is 2.77. The minimum absolute atomic E-state index is 0. The molecule has 1 aromatic rings. The number of halogens is 1. The van der Waals surface area contributed by atoms with Crippen molar-refractivity contribution in [3.8, 4) is 5.75 Å². The molecule has 0 fully saturated rings. The molecular formula is C11H20ClNO. The maximum absolute atomic E-state index is 5.43. The lowest BCUT2D eigenvalue weighted by atomic mass is 10.3. The highest BCUT2D eigenvalue weighted by atomic mass is 35.5. The van der Waals surface area contributed by atoms with Gasteiger partial charge in [-0.15, -0.1) is 12.4 Å². The Labute approximate surface area is 92.9 Å². The van der Waals surface area contributed by atoms with E-state index in [1.54, 1.807) is 19.2 Å². The molecule has 82 valence electrons. The fourth-order valence-electron chi connectivity index (χ4n) is 0.604. The summed E-state index contributed by atoms with van der Waals surface area (Å²) in [6.45, 7) is 4.36. The summed E-state index contributed by atoms with van der Waals surface area (Å²) >= 11 is 0. The third-order valence-electron chi connectivity index (χ3n) is 1.62. The highest BCUT2D eigenvalue weighted by Crippen LogP contribution is 2.11. The van der Waals surface area contributed by atoms with E-state index in [0.717, 1.165) is 11.4 Å². The van der Waals surface area contributed by atoms with E-state index in [9.17, 15) is 0 Å². The molecule has 14 heavy (non-hydrogen) atoms. The summed E-state index contributed by atoms with van der Waals surface area (Å²) in [5.41, 5.74) is 6.19. The Hall–Kier alpha value is -0.890. The van der Waals surface area contributed by atoms with Crippen molar-refractivity contribution < 1.29 is 4.74 Å². The van der Waals surface area contributed by atoms with Gasteiger partial charge in [-0.05, 0) is 24.3 Å². The molecular weight excluding hydrogens is 198 g/mol. The van der Waals surface area contributed by atoms with E-state index in [4.69, 9.17) is 10.5 Å². The number of unbranched alkanes of at least 4 members (excludes halogenated alkanes) is 1. The number of nitrogen functional groups attached to an aromatic ring is 1. The first-order chi connectivity index (χ1) is 6.24. The van der Waals surface area contributed by atoms with Gasteiger partial charge in [-0.3, -0.25) is 0 Å². The van der Waals surface area contributed by atoms with Crippen molar-refractivity contribution in [2.45, 2.75) is 26.7 Å². The monoisotopic (exact) mass is 217 g/mol. The number of nitrogens with two attached hydrogens (primary N) is 1. The fourth-order valence-corrected chi connectivity index (χ4v) is 0.604. The highest BCUT2D eigenvalue weighted by molar-refractivity contribution is 5.85. The van der Waals surface area contributed by atoms with Gasteiger partial charge in [-0.25, -0.2) is 0 Å². The van der Waals surface area contributed by atoms with E-state index >= 15 is 0 Å².